The number of carbonyl (C=O) groups excluding carboxylic acids is 1. The lowest BCUT2D eigenvalue weighted by atomic mass is 9.90. The molecular formula is C32H38F9N7O. The maximum absolute atomic E-state index is 14.0. The Morgan fingerprint density at radius 3 is 1.88 bits per heavy atom. The van der Waals surface area contributed by atoms with Crippen LogP contribution in [0.4, 0.5) is 45.5 Å². The monoisotopic (exact) mass is 707 g/mol. The van der Waals surface area contributed by atoms with Crippen LogP contribution in [0.1, 0.15) is 79.5 Å². The molecule has 0 N–H and O–H groups in total. The second-order valence-electron chi connectivity index (χ2n) is 12.0. The van der Waals surface area contributed by atoms with Crippen LogP contribution in [-0.4, -0.2) is 62.1 Å². The number of amides is 1. The zero-order chi connectivity index (χ0) is 36.3. The molecule has 0 bridgehead atoms. The summed E-state index contributed by atoms with van der Waals surface area (Å²) in [4.78, 5) is 19.0. The van der Waals surface area contributed by atoms with Gasteiger partial charge in [0, 0.05) is 38.1 Å². The molecule has 8 nitrogen and oxygen atoms in total. The number of nitrogens with zero attached hydrogens (tertiary/aromatic N) is 7. The Balaban J connectivity index is 1.74. The van der Waals surface area contributed by atoms with E-state index in [1.165, 1.54) is 18.0 Å². The fraction of sp³-hybridized carbons (Fsp3) is 0.562. The van der Waals surface area contributed by atoms with E-state index in [0.717, 1.165) is 16.9 Å². The molecule has 17 heteroatoms. The third-order valence-electron chi connectivity index (χ3n) is 8.77. The van der Waals surface area contributed by atoms with E-state index in [2.05, 4.69) is 20.3 Å². The number of aromatic nitrogens is 4. The Bertz CT molecular complexity index is 1540. The van der Waals surface area contributed by atoms with Crippen LogP contribution in [0.25, 0.3) is 0 Å². The number of carbonyl (C=O) groups is 1. The summed E-state index contributed by atoms with van der Waals surface area (Å²) < 4.78 is 124. The van der Waals surface area contributed by atoms with Crippen molar-refractivity contribution in [1.29, 1.82) is 0 Å². The zero-order valence-corrected chi connectivity index (χ0v) is 27.4. The van der Waals surface area contributed by atoms with Gasteiger partial charge in [-0.25, -0.2) is 0 Å². The average Bonchev–Trinajstić information content (AvgIpc) is 3.47. The minimum Gasteiger partial charge on any atom is -0.343 e. The maximum atomic E-state index is 14.0. The second-order valence-corrected chi connectivity index (χ2v) is 12.0. The number of piperidine rings is 1. The van der Waals surface area contributed by atoms with E-state index < -0.39 is 59.9 Å². The molecule has 49 heavy (non-hydrogen) atoms. The number of hydrogen-bond acceptors (Lipinski definition) is 6. The van der Waals surface area contributed by atoms with Gasteiger partial charge in [-0.2, -0.15) is 44.3 Å². The highest BCUT2D eigenvalue weighted by atomic mass is 19.4. The van der Waals surface area contributed by atoms with Crippen molar-refractivity contribution in [3.8, 4) is 0 Å². The van der Waals surface area contributed by atoms with Crippen molar-refractivity contribution in [2.24, 2.45) is 13.0 Å². The Kier molecular flexibility index (Phi) is 11.6. The van der Waals surface area contributed by atoms with Gasteiger partial charge < -0.3 is 9.80 Å². The normalized spacial score (nSPS) is 15.8. The van der Waals surface area contributed by atoms with Crippen molar-refractivity contribution in [2.45, 2.75) is 77.7 Å². The van der Waals surface area contributed by atoms with Crippen LogP contribution >= 0.6 is 0 Å². The molecule has 2 heterocycles. The maximum Gasteiger partial charge on any atom is 0.416 e. The first-order valence-electron chi connectivity index (χ1n) is 15.9. The number of aryl methyl sites for hydroxylation is 1. The number of rotatable bonds is 11. The third kappa shape index (κ3) is 9.22. The molecular weight excluding hydrogens is 669 g/mol. The van der Waals surface area contributed by atoms with E-state index in [1.807, 2.05) is 20.8 Å². The molecule has 4 rings (SSSR count). The number of benzene rings is 2. The SMILES string of the molecule is CCC(c1ccc(C(F)(F)F)cc1CN(Cc1cc(C(F)(F)F)cc(C(F)(F)F)c1)c1nnn(C)n1)N1CCC(C(=O)N(CC)CC)CC1. The smallest absolute Gasteiger partial charge is 0.343 e. The molecule has 0 aliphatic carbocycles. The van der Waals surface area contributed by atoms with Crippen molar-refractivity contribution >= 4 is 11.9 Å². The Labute approximate surface area is 277 Å². The molecule has 1 aliphatic rings. The van der Waals surface area contributed by atoms with E-state index in [9.17, 15) is 44.3 Å². The summed E-state index contributed by atoms with van der Waals surface area (Å²) >= 11 is 0. The molecule has 1 aromatic heterocycles. The van der Waals surface area contributed by atoms with Crippen molar-refractivity contribution in [2.75, 3.05) is 31.1 Å². The summed E-state index contributed by atoms with van der Waals surface area (Å²) in [5.74, 6) is -0.336. The first-order valence-corrected chi connectivity index (χ1v) is 15.9. The van der Waals surface area contributed by atoms with Gasteiger partial charge in [-0.1, -0.05) is 18.1 Å². The van der Waals surface area contributed by atoms with Crippen molar-refractivity contribution in [3.63, 3.8) is 0 Å². The van der Waals surface area contributed by atoms with Crippen LogP contribution in [0.2, 0.25) is 0 Å². The number of likely N-dealkylation sites (tertiary alicyclic amines) is 1. The predicted molar refractivity (Wildman–Crippen MR) is 162 cm³/mol. The molecule has 0 spiro atoms. The molecule has 1 aliphatic heterocycles. The van der Waals surface area contributed by atoms with E-state index >= 15 is 0 Å². The standard InChI is InChI=1S/C32H38F9N7O/c1-5-27(47-12-10-21(11-13-47)28(49)46(6-2)7-3)26-9-8-23(30(33,34)35)16-22(26)19-48(29-42-44-45(4)43-29)18-20-14-24(31(36,37)38)17-25(15-20)32(39,40)41/h8-9,14-17,21,27H,5-7,10-13,18-19H2,1-4H3. The number of tetrazole rings is 1. The number of alkyl halides is 9. The molecule has 3 aromatic rings. The summed E-state index contributed by atoms with van der Waals surface area (Å²) in [7, 11) is 1.39. The fourth-order valence-corrected chi connectivity index (χ4v) is 6.31. The van der Waals surface area contributed by atoms with Gasteiger partial charge >= 0.3 is 18.5 Å². The summed E-state index contributed by atoms with van der Waals surface area (Å²) in [5, 5.41) is 11.7. The lowest BCUT2D eigenvalue weighted by molar-refractivity contribution is -0.143. The topological polar surface area (TPSA) is 70.4 Å². The molecule has 1 saturated heterocycles. The lowest BCUT2D eigenvalue weighted by Gasteiger charge is -2.39. The predicted octanol–water partition coefficient (Wildman–Crippen LogP) is 7.50. The van der Waals surface area contributed by atoms with Crippen LogP contribution in [-0.2, 0) is 43.5 Å². The highest BCUT2D eigenvalue weighted by Crippen LogP contribution is 2.39. The highest BCUT2D eigenvalue weighted by molar-refractivity contribution is 5.78. The summed E-state index contributed by atoms with van der Waals surface area (Å²) in [6.45, 7) is 6.82. The van der Waals surface area contributed by atoms with Gasteiger partial charge in [-0.05, 0) is 98.4 Å². The molecule has 1 fully saturated rings. The van der Waals surface area contributed by atoms with Crippen LogP contribution in [0.3, 0.4) is 0 Å². The Hall–Kier alpha value is -3.89. The summed E-state index contributed by atoms with van der Waals surface area (Å²) in [6, 6.07) is 3.96. The molecule has 0 radical (unpaired) electrons. The summed E-state index contributed by atoms with van der Waals surface area (Å²) in [5.41, 5.74) is -3.81. The first-order chi connectivity index (χ1) is 22.8. The van der Waals surface area contributed by atoms with Crippen LogP contribution in [0.5, 0.6) is 0 Å². The quantitative estimate of drug-likeness (QED) is 0.192. The van der Waals surface area contributed by atoms with E-state index in [-0.39, 0.29) is 29.4 Å². The molecule has 270 valence electrons. The average molecular weight is 708 g/mol. The van der Waals surface area contributed by atoms with E-state index in [0.29, 0.717) is 63.1 Å². The summed E-state index contributed by atoms with van der Waals surface area (Å²) in [6.07, 6.45) is -13.4. The van der Waals surface area contributed by atoms with Gasteiger partial charge in [-0.3, -0.25) is 9.69 Å². The Morgan fingerprint density at radius 2 is 1.41 bits per heavy atom. The van der Waals surface area contributed by atoms with Crippen LogP contribution < -0.4 is 4.90 Å². The molecule has 2 aromatic carbocycles. The lowest BCUT2D eigenvalue weighted by Crippen LogP contribution is -2.43. The minimum absolute atomic E-state index is 0.00391. The van der Waals surface area contributed by atoms with Gasteiger partial charge in [-0.15, -0.1) is 5.10 Å². The minimum atomic E-state index is -5.10. The molecule has 1 unspecified atom stereocenters. The van der Waals surface area contributed by atoms with Crippen molar-refractivity contribution in [1.82, 2.24) is 30.0 Å². The fourth-order valence-electron chi connectivity index (χ4n) is 6.31. The molecule has 0 saturated carbocycles. The van der Waals surface area contributed by atoms with Crippen molar-refractivity contribution in [3.05, 3.63) is 69.8 Å². The van der Waals surface area contributed by atoms with Gasteiger partial charge in [0.15, 0.2) is 0 Å². The van der Waals surface area contributed by atoms with E-state index in [1.54, 1.807) is 4.90 Å². The van der Waals surface area contributed by atoms with Crippen molar-refractivity contribution < 1.29 is 44.3 Å². The first kappa shape index (κ1) is 37.9. The second kappa shape index (κ2) is 14.9. The van der Waals surface area contributed by atoms with E-state index in [4.69, 9.17) is 0 Å². The Morgan fingerprint density at radius 1 is 0.837 bits per heavy atom. The van der Waals surface area contributed by atoms with Crippen LogP contribution in [0, 0.1) is 5.92 Å². The molecule has 1 atom stereocenters. The van der Waals surface area contributed by atoms with Crippen LogP contribution in [0.15, 0.2) is 36.4 Å². The number of halogens is 9. The largest absolute Gasteiger partial charge is 0.416 e. The van der Waals surface area contributed by atoms with Gasteiger partial charge in [0.2, 0.25) is 5.91 Å². The van der Waals surface area contributed by atoms with Gasteiger partial charge in [0.1, 0.15) is 0 Å². The van der Waals surface area contributed by atoms with Gasteiger partial charge in [0.05, 0.1) is 23.7 Å². The third-order valence-corrected chi connectivity index (χ3v) is 8.77. The highest BCUT2D eigenvalue weighted by Gasteiger charge is 2.38. The number of anilines is 1. The molecule has 1 amide bonds. The zero-order valence-electron chi connectivity index (χ0n) is 27.4. The van der Waals surface area contributed by atoms with Gasteiger partial charge in [0.25, 0.3) is 5.95 Å². The number of hydrogen-bond donors (Lipinski definition) is 0.